The van der Waals surface area contributed by atoms with E-state index < -0.39 is 0 Å². The van der Waals surface area contributed by atoms with Gasteiger partial charge in [-0.2, -0.15) is 0 Å². The number of thiocarbonyl (C=S) groups is 1. The number of carbonyl (C=O) groups is 1. The molecular weight excluding hydrogens is 314 g/mol. The number of carbonyl (C=O) groups excluding carboxylic acids is 1. The number of hydrogen-bond acceptors (Lipinski definition) is 3. The lowest BCUT2D eigenvalue weighted by Gasteiger charge is -2.24. The average Bonchev–Trinajstić information content (AvgIpc) is 3.20. The summed E-state index contributed by atoms with van der Waals surface area (Å²) in [5.41, 5.74) is 6.20. The van der Waals surface area contributed by atoms with Gasteiger partial charge in [0.05, 0.1) is 5.56 Å². The number of hydrogen-bond donors (Lipinski definition) is 3. The van der Waals surface area contributed by atoms with Crippen LogP contribution in [-0.2, 0) is 0 Å². The van der Waals surface area contributed by atoms with Crippen molar-refractivity contribution >= 4 is 34.6 Å². The van der Waals surface area contributed by atoms with E-state index in [1.54, 1.807) is 11.3 Å². The Morgan fingerprint density at radius 1 is 1.32 bits per heavy atom. The van der Waals surface area contributed by atoms with Crippen LogP contribution in [0.3, 0.4) is 0 Å². The summed E-state index contributed by atoms with van der Waals surface area (Å²) in [6.45, 7) is 4.25. The van der Waals surface area contributed by atoms with Gasteiger partial charge in [-0.25, -0.2) is 0 Å². The molecule has 2 aliphatic carbocycles. The highest BCUT2D eigenvalue weighted by Crippen LogP contribution is 2.44. The van der Waals surface area contributed by atoms with E-state index in [0.29, 0.717) is 22.6 Å². The second-order valence-electron chi connectivity index (χ2n) is 6.73. The summed E-state index contributed by atoms with van der Waals surface area (Å²) < 4.78 is 0. The van der Waals surface area contributed by atoms with Crippen LogP contribution < -0.4 is 16.2 Å². The molecule has 0 saturated heterocycles. The Morgan fingerprint density at radius 2 is 2.14 bits per heavy atom. The quantitative estimate of drug-likeness (QED) is 0.586. The predicted molar refractivity (Wildman–Crippen MR) is 94.0 cm³/mol. The van der Waals surface area contributed by atoms with Crippen LogP contribution in [0.4, 0.5) is 0 Å². The van der Waals surface area contributed by atoms with Crippen molar-refractivity contribution in [3.63, 3.8) is 0 Å². The highest BCUT2D eigenvalue weighted by molar-refractivity contribution is 7.80. The maximum absolute atomic E-state index is 12.1. The minimum absolute atomic E-state index is 0.139. The van der Waals surface area contributed by atoms with Gasteiger partial charge in [0, 0.05) is 16.3 Å². The Bertz CT molecular complexity index is 569. The van der Waals surface area contributed by atoms with Gasteiger partial charge in [-0.3, -0.25) is 15.6 Å². The van der Waals surface area contributed by atoms with Gasteiger partial charge >= 0.3 is 0 Å². The fraction of sp³-hybridized carbons (Fsp3) is 0.625. The highest BCUT2D eigenvalue weighted by atomic mass is 32.1. The van der Waals surface area contributed by atoms with Gasteiger partial charge < -0.3 is 5.32 Å². The molecule has 1 amide bonds. The van der Waals surface area contributed by atoms with Crippen molar-refractivity contribution in [2.75, 3.05) is 0 Å². The molecule has 1 heterocycles. The second-order valence-corrected chi connectivity index (χ2v) is 8.08. The first-order valence-corrected chi connectivity index (χ1v) is 9.27. The number of amides is 1. The average molecular weight is 338 g/mol. The molecule has 3 rings (SSSR count). The maximum Gasteiger partial charge on any atom is 0.270 e. The van der Waals surface area contributed by atoms with Crippen LogP contribution in [0.2, 0.25) is 0 Å². The van der Waals surface area contributed by atoms with E-state index in [1.165, 1.54) is 30.6 Å². The van der Waals surface area contributed by atoms with E-state index in [2.05, 4.69) is 30.0 Å². The molecule has 2 saturated carbocycles. The van der Waals surface area contributed by atoms with E-state index in [9.17, 15) is 4.79 Å². The van der Waals surface area contributed by atoms with Gasteiger partial charge in [0.2, 0.25) is 0 Å². The third-order valence-electron chi connectivity index (χ3n) is 4.80. The van der Waals surface area contributed by atoms with Crippen molar-refractivity contribution in [1.29, 1.82) is 0 Å². The number of thiophene rings is 1. The van der Waals surface area contributed by atoms with Crippen LogP contribution in [0.1, 0.15) is 60.7 Å². The smallest absolute Gasteiger partial charge is 0.270 e. The first-order valence-electron chi connectivity index (χ1n) is 7.98. The van der Waals surface area contributed by atoms with Crippen LogP contribution in [0.5, 0.6) is 0 Å². The van der Waals surface area contributed by atoms with E-state index in [0.717, 1.165) is 11.8 Å². The summed E-state index contributed by atoms with van der Waals surface area (Å²) in [6, 6.07) is 2.42. The normalized spacial score (nSPS) is 26.2. The summed E-state index contributed by atoms with van der Waals surface area (Å²) >= 11 is 6.90. The van der Waals surface area contributed by atoms with Gasteiger partial charge in [0.25, 0.3) is 5.91 Å². The third-order valence-corrected chi connectivity index (χ3v) is 6.25. The minimum atomic E-state index is -0.139. The molecule has 1 aromatic heterocycles. The lowest BCUT2D eigenvalue weighted by atomic mass is 9.96. The molecule has 2 bridgehead atoms. The zero-order valence-electron chi connectivity index (χ0n) is 13.0. The third kappa shape index (κ3) is 3.43. The molecule has 22 heavy (non-hydrogen) atoms. The molecule has 3 N–H and O–H groups in total. The first-order chi connectivity index (χ1) is 10.5. The molecule has 0 aromatic carbocycles. The van der Waals surface area contributed by atoms with Crippen LogP contribution in [0.25, 0.3) is 0 Å². The summed E-state index contributed by atoms with van der Waals surface area (Å²) in [5.74, 6) is 1.94. The minimum Gasteiger partial charge on any atom is -0.358 e. The molecule has 0 spiro atoms. The van der Waals surface area contributed by atoms with Crippen molar-refractivity contribution in [3.8, 4) is 0 Å². The van der Waals surface area contributed by atoms with Crippen LogP contribution in [0, 0.1) is 11.8 Å². The van der Waals surface area contributed by atoms with Crippen LogP contribution in [-0.4, -0.2) is 17.1 Å². The standard InChI is InChI=1S/C16H23N3OS2/c1-9(2)14-7-12(8-22-14)15(20)18-19-16(21)17-13-6-10-3-4-11(13)5-10/h7-11,13H,3-6H2,1-2H3,(H,18,20)(H2,17,19,21)/t10-,11+,13-/m0/s1. The predicted octanol–water partition coefficient (Wildman–Crippen LogP) is 3.17. The van der Waals surface area contributed by atoms with Crippen molar-refractivity contribution in [2.45, 2.75) is 51.5 Å². The fourth-order valence-corrected chi connectivity index (χ4v) is 4.69. The Kier molecular flexibility index (Phi) is 4.68. The van der Waals surface area contributed by atoms with Crippen molar-refractivity contribution in [1.82, 2.24) is 16.2 Å². The Morgan fingerprint density at radius 3 is 2.73 bits per heavy atom. The monoisotopic (exact) mass is 337 g/mol. The van der Waals surface area contributed by atoms with Crippen LogP contribution >= 0.6 is 23.6 Å². The number of hydrazine groups is 1. The Labute approximate surface area is 141 Å². The number of fused-ring (bicyclic) bond motifs is 2. The Hall–Kier alpha value is -1.14. The lowest BCUT2D eigenvalue weighted by Crippen LogP contribution is -2.50. The summed E-state index contributed by atoms with van der Waals surface area (Å²) in [6.07, 6.45) is 5.22. The van der Waals surface area contributed by atoms with E-state index in [1.807, 2.05) is 11.4 Å². The molecule has 1 aromatic rings. The van der Waals surface area contributed by atoms with Gasteiger partial charge in [-0.1, -0.05) is 20.3 Å². The van der Waals surface area contributed by atoms with Gasteiger partial charge in [-0.05, 0) is 55.3 Å². The highest BCUT2D eigenvalue weighted by Gasteiger charge is 2.39. The SMILES string of the molecule is CC(C)c1cc(C(=O)NNC(=S)N[C@H]2C[C@H]3CC[C@@H]2C3)cs1. The molecule has 2 aliphatic rings. The van der Waals surface area contributed by atoms with E-state index in [-0.39, 0.29) is 5.91 Å². The summed E-state index contributed by atoms with van der Waals surface area (Å²) in [4.78, 5) is 13.3. The van der Waals surface area contributed by atoms with Crippen molar-refractivity contribution in [3.05, 3.63) is 21.9 Å². The fourth-order valence-electron chi connectivity index (χ4n) is 3.59. The molecule has 4 nitrogen and oxygen atoms in total. The summed E-state index contributed by atoms with van der Waals surface area (Å²) in [5, 5.41) is 5.76. The molecule has 0 aliphatic heterocycles. The van der Waals surface area contributed by atoms with Gasteiger partial charge in [0.15, 0.2) is 5.11 Å². The van der Waals surface area contributed by atoms with Gasteiger partial charge in [-0.15, -0.1) is 11.3 Å². The molecular formula is C16H23N3OS2. The molecule has 6 heteroatoms. The molecule has 2 fully saturated rings. The van der Waals surface area contributed by atoms with E-state index >= 15 is 0 Å². The first kappa shape index (κ1) is 15.7. The zero-order chi connectivity index (χ0) is 15.7. The maximum atomic E-state index is 12.1. The number of nitrogens with one attached hydrogen (secondary N) is 3. The van der Waals surface area contributed by atoms with Crippen molar-refractivity contribution < 1.29 is 4.79 Å². The zero-order valence-corrected chi connectivity index (χ0v) is 14.7. The summed E-state index contributed by atoms with van der Waals surface area (Å²) in [7, 11) is 0. The largest absolute Gasteiger partial charge is 0.358 e. The van der Waals surface area contributed by atoms with Crippen molar-refractivity contribution in [2.24, 2.45) is 11.8 Å². The van der Waals surface area contributed by atoms with Gasteiger partial charge in [0.1, 0.15) is 0 Å². The molecule has 0 unspecified atom stereocenters. The molecule has 0 radical (unpaired) electrons. The molecule has 3 atom stereocenters. The molecule has 120 valence electrons. The topological polar surface area (TPSA) is 53.2 Å². The number of rotatable bonds is 3. The van der Waals surface area contributed by atoms with Crippen LogP contribution in [0.15, 0.2) is 11.4 Å². The van der Waals surface area contributed by atoms with E-state index in [4.69, 9.17) is 12.2 Å². The Balaban J connectivity index is 1.45. The lowest BCUT2D eigenvalue weighted by molar-refractivity contribution is 0.0944. The second kappa shape index (κ2) is 6.54.